The molecule has 3 rings (SSSR count). The van der Waals surface area contributed by atoms with E-state index in [1.807, 2.05) is 18.2 Å². The first-order valence-electron chi connectivity index (χ1n) is 6.26. The summed E-state index contributed by atoms with van der Waals surface area (Å²) in [7, 11) is 0. The molecule has 0 atom stereocenters. The lowest BCUT2D eigenvalue weighted by molar-refractivity contribution is -0.540. The van der Waals surface area contributed by atoms with Gasteiger partial charge in [0.05, 0.1) is 5.56 Å². The van der Waals surface area contributed by atoms with Crippen LogP contribution in [-0.4, -0.2) is 22.4 Å². The van der Waals surface area contributed by atoms with Crippen LogP contribution in [0.5, 0.6) is 5.75 Å². The highest BCUT2D eigenvalue weighted by Crippen LogP contribution is 2.18. The number of hydrogen-bond acceptors (Lipinski definition) is 1. The minimum absolute atomic E-state index is 0.379. The SMILES string of the molecule is Oc1ccccc1C[N+]1=Cc2ccccc2CC1. The molecule has 0 radical (unpaired) electrons. The zero-order valence-corrected chi connectivity index (χ0v) is 10.2. The zero-order chi connectivity index (χ0) is 12.4. The molecule has 0 amide bonds. The van der Waals surface area contributed by atoms with Crippen LogP contribution in [0.1, 0.15) is 16.7 Å². The Bertz CT molecular complexity index is 602. The Kier molecular flexibility index (Phi) is 2.85. The Labute approximate surface area is 107 Å². The van der Waals surface area contributed by atoms with Gasteiger partial charge in [0.1, 0.15) is 12.3 Å². The molecule has 2 nitrogen and oxygen atoms in total. The summed E-state index contributed by atoms with van der Waals surface area (Å²) in [6.07, 6.45) is 3.26. The fraction of sp³-hybridized carbons (Fsp3) is 0.188. The van der Waals surface area contributed by atoms with E-state index in [1.165, 1.54) is 11.1 Å². The van der Waals surface area contributed by atoms with Crippen molar-refractivity contribution in [1.82, 2.24) is 0 Å². The molecule has 0 aromatic heterocycles. The van der Waals surface area contributed by atoms with Crippen LogP contribution in [-0.2, 0) is 13.0 Å². The Morgan fingerprint density at radius 3 is 2.67 bits per heavy atom. The molecule has 2 heteroatoms. The second-order valence-corrected chi connectivity index (χ2v) is 4.68. The minimum Gasteiger partial charge on any atom is -0.507 e. The van der Waals surface area contributed by atoms with Gasteiger partial charge in [-0.3, -0.25) is 0 Å². The van der Waals surface area contributed by atoms with E-state index in [0.29, 0.717) is 5.75 Å². The number of aromatic hydroxyl groups is 1. The van der Waals surface area contributed by atoms with Crippen molar-refractivity contribution >= 4 is 6.21 Å². The standard InChI is InChI=1S/C16H15NO/c18-16-8-4-3-7-15(16)12-17-10-9-13-5-1-2-6-14(13)11-17/h1-8,11H,9-10,12H2/p+1. The molecular formula is C16H16NO+. The smallest absolute Gasteiger partial charge is 0.171 e. The quantitative estimate of drug-likeness (QED) is 0.799. The first-order valence-corrected chi connectivity index (χ1v) is 6.26. The third kappa shape index (κ3) is 2.14. The predicted molar refractivity (Wildman–Crippen MR) is 72.3 cm³/mol. The molecule has 0 bridgehead atoms. The highest BCUT2D eigenvalue weighted by atomic mass is 16.3. The molecule has 90 valence electrons. The average Bonchev–Trinajstić information content (AvgIpc) is 2.41. The van der Waals surface area contributed by atoms with E-state index in [-0.39, 0.29) is 0 Å². The number of rotatable bonds is 2. The zero-order valence-electron chi connectivity index (χ0n) is 10.2. The summed E-state index contributed by atoms with van der Waals surface area (Å²) >= 11 is 0. The molecule has 0 aliphatic carbocycles. The summed E-state index contributed by atoms with van der Waals surface area (Å²) in [4.78, 5) is 0. The van der Waals surface area contributed by atoms with Gasteiger partial charge in [0.15, 0.2) is 12.8 Å². The van der Waals surface area contributed by atoms with Crippen molar-refractivity contribution in [2.45, 2.75) is 13.0 Å². The largest absolute Gasteiger partial charge is 0.507 e. The first-order chi connectivity index (χ1) is 8.83. The molecule has 0 spiro atoms. The van der Waals surface area contributed by atoms with Crippen LogP contribution in [0.4, 0.5) is 0 Å². The van der Waals surface area contributed by atoms with Crippen LogP contribution >= 0.6 is 0 Å². The van der Waals surface area contributed by atoms with Crippen LogP contribution in [0.2, 0.25) is 0 Å². The normalized spacial score (nSPS) is 13.9. The van der Waals surface area contributed by atoms with E-state index in [0.717, 1.165) is 25.1 Å². The summed E-state index contributed by atoms with van der Waals surface area (Å²) in [5, 5.41) is 9.80. The molecular weight excluding hydrogens is 222 g/mol. The molecule has 2 aromatic rings. The van der Waals surface area contributed by atoms with E-state index in [2.05, 4.69) is 35.1 Å². The Balaban J connectivity index is 1.88. The van der Waals surface area contributed by atoms with Crippen molar-refractivity contribution < 1.29 is 9.68 Å². The molecule has 1 aliphatic heterocycles. The first kappa shape index (κ1) is 11.0. The number of para-hydroxylation sites is 1. The topological polar surface area (TPSA) is 23.2 Å². The summed E-state index contributed by atoms with van der Waals surface area (Å²) < 4.78 is 2.26. The van der Waals surface area contributed by atoms with E-state index in [1.54, 1.807) is 6.07 Å². The van der Waals surface area contributed by atoms with Crippen molar-refractivity contribution in [3.63, 3.8) is 0 Å². The number of fused-ring (bicyclic) bond motifs is 1. The van der Waals surface area contributed by atoms with Crippen molar-refractivity contribution in [2.24, 2.45) is 0 Å². The van der Waals surface area contributed by atoms with Crippen LogP contribution in [0.3, 0.4) is 0 Å². The molecule has 0 unspecified atom stereocenters. The van der Waals surface area contributed by atoms with Crippen molar-refractivity contribution in [2.75, 3.05) is 6.54 Å². The Hall–Kier alpha value is -2.09. The maximum Gasteiger partial charge on any atom is 0.171 e. The van der Waals surface area contributed by atoms with Gasteiger partial charge < -0.3 is 5.11 Å². The third-order valence-electron chi connectivity index (χ3n) is 3.41. The van der Waals surface area contributed by atoms with Crippen molar-refractivity contribution in [3.8, 4) is 5.75 Å². The lowest BCUT2D eigenvalue weighted by Gasteiger charge is -2.12. The number of phenols is 1. The Morgan fingerprint density at radius 1 is 1.00 bits per heavy atom. The van der Waals surface area contributed by atoms with Crippen LogP contribution in [0.25, 0.3) is 0 Å². The summed E-state index contributed by atoms with van der Waals surface area (Å²) in [5.74, 6) is 0.379. The maximum absolute atomic E-state index is 9.80. The molecule has 18 heavy (non-hydrogen) atoms. The highest BCUT2D eigenvalue weighted by Gasteiger charge is 2.16. The average molecular weight is 238 g/mol. The predicted octanol–water partition coefficient (Wildman–Crippen LogP) is 2.58. The van der Waals surface area contributed by atoms with Crippen LogP contribution < -0.4 is 0 Å². The molecule has 1 aliphatic rings. The van der Waals surface area contributed by atoms with Crippen molar-refractivity contribution in [3.05, 3.63) is 65.2 Å². The fourth-order valence-corrected chi connectivity index (χ4v) is 2.40. The number of nitrogens with zero attached hydrogens (tertiary/aromatic N) is 1. The summed E-state index contributed by atoms with van der Waals surface area (Å²) in [5.41, 5.74) is 3.68. The lowest BCUT2D eigenvalue weighted by atomic mass is 10.0. The van der Waals surface area contributed by atoms with Gasteiger partial charge in [-0.05, 0) is 23.8 Å². The fourth-order valence-electron chi connectivity index (χ4n) is 2.40. The molecule has 0 saturated heterocycles. The van der Waals surface area contributed by atoms with Gasteiger partial charge in [-0.2, -0.15) is 0 Å². The van der Waals surface area contributed by atoms with Crippen LogP contribution in [0.15, 0.2) is 48.5 Å². The van der Waals surface area contributed by atoms with Gasteiger partial charge in [-0.25, -0.2) is 4.58 Å². The van der Waals surface area contributed by atoms with Gasteiger partial charge in [-0.1, -0.05) is 30.3 Å². The molecule has 2 aromatic carbocycles. The van der Waals surface area contributed by atoms with E-state index < -0.39 is 0 Å². The van der Waals surface area contributed by atoms with Gasteiger partial charge in [0.2, 0.25) is 0 Å². The van der Waals surface area contributed by atoms with Crippen molar-refractivity contribution in [1.29, 1.82) is 0 Å². The lowest BCUT2D eigenvalue weighted by Crippen LogP contribution is -2.22. The van der Waals surface area contributed by atoms with E-state index >= 15 is 0 Å². The molecule has 1 heterocycles. The molecule has 0 saturated carbocycles. The minimum atomic E-state index is 0.379. The monoisotopic (exact) mass is 238 g/mol. The summed E-state index contributed by atoms with van der Waals surface area (Å²) in [6.45, 7) is 1.77. The van der Waals surface area contributed by atoms with E-state index in [9.17, 15) is 5.11 Å². The highest BCUT2D eigenvalue weighted by molar-refractivity contribution is 5.78. The van der Waals surface area contributed by atoms with Gasteiger partial charge >= 0.3 is 0 Å². The van der Waals surface area contributed by atoms with Gasteiger partial charge in [0, 0.05) is 12.0 Å². The second-order valence-electron chi connectivity index (χ2n) is 4.68. The molecule has 1 N–H and O–H groups in total. The summed E-state index contributed by atoms with van der Waals surface area (Å²) in [6, 6.07) is 16.0. The van der Waals surface area contributed by atoms with Crippen LogP contribution in [0, 0.1) is 0 Å². The number of hydrogen-bond donors (Lipinski definition) is 1. The van der Waals surface area contributed by atoms with E-state index in [4.69, 9.17) is 0 Å². The number of phenolic OH excluding ortho intramolecular Hbond substituents is 1. The third-order valence-corrected chi connectivity index (χ3v) is 3.41. The van der Waals surface area contributed by atoms with Gasteiger partial charge in [0.25, 0.3) is 0 Å². The maximum atomic E-state index is 9.80. The van der Waals surface area contributed by atoms with Gasteiger partial charge in [-0.15, -0.1) is 0 Å². The Morgan fingerprint density at radius 2 is 1.78 bits per heavy atom. The second kappa shape index (κ2) is 4.65. The molecule has 0 fully saturated rings. The number of benzene rings is 2.